The van der Waals surface area contributed by atoms with Crippen molar-refractivity contribution in [3.05, 3.63) is 54.1 Å². The molecule has 6 heteroatoms. The minimum Gasteiger partial charge on any atom is -0.369 e. The first kappa shape index (κ1) is 19.5. The maximum atomic E-state index is 12.7. The molecule has 4 rings (SSSR count). The zero-order valence-electron chi connectivity index (χ0n) is 17.1. The van der Waals surface area contributed by atoms with Crippen LogP contribution in [0.25, 0.3) is 0 Å². The standard InChI is InChI=1S/C23H28N4O2/c1-17-5-3-4-6-21(17)27-16-18(15-22(27)28)23(29)24-19-7-9-20(10-8-19)26-13-11-25(2)12-14-26/h3-10,18H,11-16H2,1-2H3,(H,24,29). The predicted octanol–water partition coefficient (Wildman–Crippen LogP) is 2.74. The van der Waals surface area contributed by atoms with Gasteiger partial charge in [0, 0.05) is 56.2 Å². The van der Waals surface area contributed by atoms with Gasteiger partial charge in [0.1, 0.15) is 0 Å². The van der Waals surface area contributed by atoms with Crippen LogP contribution < -0.4 is 15.1 Å². The van der Waals surface area contributed by atoms with Gasteiger partial charge in [0.2, 0.25) is 11.8 Å². The van der Waals surface area contributed by atoms with Crippen molar-refractivity contribution in [1.82, 2.24) is 4.90 Å². The van der Waals surface area contributed by atoms with E-state index < -0.39 is 0 Å². The third kappa shape index (κ3) is 4.27. The lowest BCUT2D eigenvalue weighted by atomic mass is 10.1. The molecule has 2 saturated heterocycles. The number of nitrogens with one attached hydrogen (secondary N) is 1. The van der Waals surface area contributed by atoms with Crippen LogP contribution in [0.2, 0.25) is 0 Å². The van der Waals surface area contributed by atoms with Crippen molar-refractivity contribution in [2.24, 2.45) is 5.92 Å². The normalized spacial score (nSPS) is 20.2. The molecule has 152 valence electrons. The van der Waals surface area contributed by atoms with Gasteiger partial charge < -0.3 is 20.0 Å². The van der Waals surface area contributed by atoms with Crippen LogP contribution in [0.4, 0.5) is 17.1 Å². The van der Waals surface area contributed by atoms with Crippen molar-refractivity contribution in [1.29, 1.82) is 0 Å². The minimum atomic E-state index is -0.334. The Kier molecular flexibility index (Phi) is 5.53. The summed E-state index contributed by atoms with van der Waals surface area (Å²) >= 11 is 0. The number of hydrogen-bond acceptors (Lipinski definition) is 4. The maximum absolute atomic E-state index is 12.7. The number of aryl methyl sites for hydroxylation is 1. The molecule has 2 aromatic rings. The molecule has 1 atom stereocenters. The first-order valence-electron chi connectivity index (χ1n) is 10.2. The molecule has 0 aliphatic carbocycles. The van der Waals surface area contributed by atoms with Gasteiger partial charge in [0.25, 0.3) is 0 Å². The van der Waals surface area contributed by atoms with Crippen molar-refractivity contribution in [3.63, 3.8) is 0 Å². The fourth-order valence-electron chi connectivity index (χ4n) is 4.05. The van der Waals surface area contributed by atoms with Gasteiger partial charge in [-0.05, 0) is 49.9 Å². The summed E-state index contributed by atoms with van der Waals surface area (Å²) in [7, 11) is 2.14. The van der Waals surface area contributed by atoms with E-state index in [1.165, 1.54) is 5.69 Å². The second-order valence-corrected chi connectivity index (χ2v) is 8.02. The maximum Gasteiger partial charge on any atom is 0.229 e. The van der Waals surface area contributed by atoms with Gasteiger partial charge in [-0.2, -0.15) is 0 Å². The average molecular weight is 393 g/mol. The van der Waals surface area contributed by atoms with E-state index in [-0.39, 0.29) is 24.2 Å². The summed E-state index contributed by atoms with van der Waals surface area (Å²) in [6.07, 6.45) is 0.250. The number of piperazine rings is 1. The number of carbonyl (C=O) groups is 2. The van der Waals surface area contributed by atoms with Gasteiger partial charge in [-0.3, -0.25) is 9.59 Å². The van der Waals surface area contributed by atoms with E-state index in [0.717, 1.165) is 43.1 Å². The van der Waals surface area contributed by atoms with Crippen LogP contribution in [-0.2, 0) is 9.59 Å². The molecule has 2 aliphatic heterocycles. The summed E-state index contributed by atoms with van der Waals surface area (Å²) in [5, 5.41) is 2.98. The summed E-state index contributed by atoms with van der Waals surface area (Å²) in [5.74, 6) is -0.425. The Morgan fingerprint density at radius 3 is 2.38 bits per heavy atom. The van der Waals surface area contributed by atoms with Crippen LogP contribution in [0.5, 0.6) is 0 Å². The molecule has 1 unspecified atom stereocenters. The molecular formula is C23H28N4O2. The summed E-state index contributed by atoms with van der Waals surface area (Å²) in [4.78, 5) is 31.6. The van der Waals surface area contributed by atoms with Crippen LogP contribution in [0.3, 0.4) is 0 Å². The van der Waals surface area contributed by atoms with E-state index in [0.29, 0.717) is 6.54 Å². The first-order chi connectivity index (χ1) is 14.0. The van der Waals surface area contributed by atoms with Crippen molar-refractivity contribution in [3.8, 4) is 0 Å². The molecule has 2 aromatic carbocycles. The average Bonchev–Trinajstić information content (AvgIpc) is 3.11. The summed E-state index contributed by atoms with van der Waals surface area (Å²) in [5.41, 5.74) is 3.89. The fourth-order valence-corrected chi connectivity index (χ4v) is 4.05. The minimum absolute atomic E-state index is 0.00450. The molecular weight excluding hydrogens is 364 g/mol. The van der Waals surface area contributed by atoms with Crippen LogP contribution in [0, 0.1) is 12.8 Å². The number of nitrogens with zero attached hydrogens (tertiary/aromatic N) is 3. The number of para-hydroxylation sites is 1. The third-order valence-electron chi connectivity index (χ3n) is 5.91. The molecule has 29 heavy (non-hydrogen) atoms. The van der Waals surface area contributed by atoms with Gasteiger partial charge in [0.05, 0.1) is 5.92 Å². The van der Waals surface area contributed by atoms with Crippen molar-refractivity contribution in [2.45, 2.75) is 13.3 Å². The molecule has 0 bridgehead atoms. The predicted molar refractivity (Wildman–Crippen MR) is 116 cm³/mol. The van der Waals surface area contributed by atoms with E-state index in [2.05, 4.69) is 34.3 Å². The van der Waals surface area contributed by atoms with Gasteiger partial charge in [-0.15, -0.1) is 0 Å². The zero-order valence-corrected chi connectivity index (χ0v) is 17.1. The Balaban J connectivity index is 1.37. The lowest BCUT2D eigenvalue weighted by Crippen LogP contribution is -2.44. The number of hydrogen-bond donors (Lipinski definition) is 1. The van der Waals surface area contributed by atoms with Crippen LogP contribution >= 0.6 is 0 Å². The Bertz CT molecular complexity index is 888. The molecule has 2 amide bonds. The van der Waals surface area contributed by atoms with Crippen molar-refractivity contribution in [2.75, 3.05) is 54.9 Å². The number of rotatable bonds is 4. The van der Waals surface area contributed by atoms with Gasteiger partial charge in [-0.25, -0.2) is 0 Å². The molecule has 2 fully saturated rings. The Morgan fingerprint density at radius 2 is 1.69 bits per heavy atom. The largest absolute Gasteiger partial charge is 0.369 e. The van der Waals surface area contributed by atoms with Gasteiger partial charge in [0.15, 0.2) is 0 Å². The van der Waals surface area contributed by atoms with Crippen LogP contribution in [0.1, 0.15) is 12.0 Å². The SMILES string of the molecule is Cc1ccccc1N1CC(C(=O)Nc2ccc(N3CCN(C)CC3)cc2)CC1=O. The lowest BCUT2D eigenvalue weighted by Gasteiger charge is -2.34. The highest BCUT2D eigenvalue weighted by atomic mass is 16.2. The Hall–Kier alpha value is -2.86. The number of likely N-dealkylation sites (N-methyl/N-ethyl adjacent to an activating group) is 1. The summed E-state index contributed by atoms with van der Waals surface area (Å²) < 4.78 is 0. The highest BCUT2D eigenvalue weighted by Gasteiger charge is 2.35. The molecule has 0 saturated carbocycles. The summed E-state index contributed by atoms with van der Waals surface area (Å²) in [6.45, 7) is 6.56. The van der Waals surface area contributed by atoms with E-state index in [4.69, 9.17) is 0 Å². The number of benzene rings is 2. The fraction of sp³-hybridized carbons (Fsp3) is 0.391. The highest BCUT2D eigenvalue weighted by molar-refractivity contribution is 6.03. The van der Waals surface area contributed by atoms with Gasteiger partial charge in [-0.1, -0.05) is 18.2 Å². The molecule has 1 N–H and O–H groups in total. The van der Waals surface area contributed by atoms with Crippen LogP contribution in [-0.4, -0.2) is 56.5 Å². The number of anilines is 3. The number of amides is 2. The van der Waals surface area contributed by atoms with Gasteiger partial charge >= 0.3 is 0 Å². The topological polar surface area (TPSA) is 55.9 Å². The monoisotopic (exact) mass is 392 g/mol. The molecule has 2 heterocycles. The second kappa shape index (κ2) is 8.25. The second-order valence-electron chi connectivity index (χ2n) is 8.02. The van der Waals surface area contributed by atoms with E-state index in [1.807, 2.05) is 43.3 Å². The Labute approximate surface area is 172 Å². The van der Waals surface area contributed by atoms with Crippen molar-refractivity contribution < 1.29 is 9.59 Å². The summed E-state index contributed by atoms with van der Waals surface area (Å²) in [6, 6.07) is 15.8. The van der Waals surface area contributed by atoms with E-state index >= 15 is 0 Å². The van der Waals surface area contributed by atoms with Crippen LogP contribution in [0.15, 0.2) is 48.5 Å². The Morgan fingerprint density at radius 1 is 1.00 bits per heavy atom. The highest BCUT2D eigenvalue weighted by Crippen LogP contribution is 2.28. The molecule has 6 nitrogen and oxygen atoms in total. The molecule has 2 aliphatic rings. The molecule has 0 spiro atoms. The smallest absolute Gasteiger partial charge is 0.229 e. The van der Waals surface area contributed by atoms with Crippen molar-refractivity contribution >= 4 is 28.9 Å². The third-order valence-corrected chi connectivity index (χ3v) is 5.91. The number of carbonyl (C=O) groups excluding carboxylic acids is 2. The quantitative estimate of drug-likeness (QED) is 0.869. The zero-order chi connectivity index (χ0) is 20.4. The molecule has 0 aromatic heterocycles. The lowest BCUT2D eigenvalue weighted by molar-refractivity contribution is -0.122. The first-order valence-corrected chi connectivity index (χ1v) is 10.2. The van der Waals surface area contributed by atoms with E-state index in [9.17, 15) is 9.59 Å². The molecule has 0 radical (unpaired) electrons. The van der Waals surface area contributed by atoms with E-state index in [1.54, 1.807) is 4.90 Å².